The molecule has 2 aromatic rings. The number of nitrogens with zero attached hydrogens (tertiary/aromatic N) is 6. The molecule has 154 valence electrons. The summed E-state index contributed by atoms with van der Waals surface area (Å²) in [4.78, 5) is 23.3. The molecule has 0 amide bonds. The van der Waals surface area contributed by atoms with E-state index in [2.05, 4.69) is 45.1 Å². The van der Waals surface area contributed by atoms with Crippen LogP contribution in [0.15, 0.2) is 52.0 Å². The van der Waals surface area contributed by atoms with Gasteiger partial charge in [0.2, 0.25) is 0 Å². The van der Waals surface area contributed by atoms with Crippen LogP contribution in [0.25, 0.3) is 0 Å². The molecule has 3 aliphatic rings. The number of nitrogens with one attached hydrogen (secondary N) is 1. The maximum Gasteiger partial charge on any atom is 0.152 e. The zero-order valence-electron chi connectivity index (χ0n) is 17.2. The van der Waals surface area contributed by atoms with Crippen molar-refractivity contribution in [2.24, 2.45) is 9.98 Å². The van der Waals surface area contributed by atoms with Crippen molar-refractivity contribution in [3.63, 3.8) is 0 Å². The Labute approximate surface area is 181 Å². The molecule has 0 radical (unpaired) electrons. The number of aromatic nitrogens is 2. The Bertz CT molecular complexity index is 1080. The Morgan fingerprint density at radius 2 is 1.97 bits per heavy atom. The first-order valence-corrected chi connectivity index (χ1v) is 10.6. The molecule has 5 rings (SSSR count). The number of hydrogen-bond donors (Lipinski definition) is 1. The number of rotatable bonds is 3. The maximum atomic E-state index is 6.53. The second-order valence-corrected chi connectivity index (χ2v) is 8.44. The lowest BCUT2D eigenvalue weighted by Crippen LogP contribution is -2.44. The van der Waals surface area contributed by atoms with Crippen LogP contribution >= 0.6 is 11.6 Å². The summed E-state index contributed by atoms with van der Waals surface area (Å²) in [6.45, 7) is 7.80. The van der Waals surface area contributed by atoms with Crippen molar-refractivity contribution in [2.75, 3.05) is 45.1 Å². The summed E-state index contributed by atoms with van der Waals surface area (Å²) in [6, 6.07) is 4.05. The minimum absolute atomic E-state index is 0.580. The van der Waals surface area contributed by atoms with Gasteiger partial charge in [-0.15, -0.1) is 0 Å². The van der Waals surface area contributed by atoms with Gasteiger partial charge >= 0.3 is 0 Å². The minimum Gasteiger partial charge on any atom is -0.337 e. The maximum absolute atomic E-state index is 6.53. The smallest absolute Gasteiger partial charge is 0.152 e. The van der Waals surface area contributed by atoms with Crippen LogP contribution in [0.4, 0.5) is 5.69 Å². The molecule has 0 unspecified atom stereocenters. The van der Waals surface area contributed by atoms with Crippen LogP contribution in [-0.4, -0.2) is 71.1 Å². The van der Waals surface area contributed by atoms with Crippen LogP contribution in [0, 0.1) is 0 Å². The van der Waals surface area contributed by atoms with E-state index in [4.69, 9.17) is 21.6 Å². The number of amidine groups is 1. The van der Waals surface area contributed by atoms with E-state index >= 15 is 0 Å². The summed E-state index contributed by atoms with van der Waals surface area (Å²) in [5.41, 5.74) is 6.62. The predicted octanol–water partition coefficient (Wildman–Crippen LogP) is 2.83. The van der Waals surface area contributed by atoms with Gasteiger partial charge in [0.05, 0.1) is 34.9 Å². The van der Waals surface area contributed by atoms with E-state index in [-0.39, 0.29) is 0 Å². The highest BCUT2D eigenvalue weighted by Crippen LogP contribution is 2.31. The summed E-state index contributed by atoms with van der Waals surface area (Å²) < 4.78 is 0. The van der Waals surface area contributed by atoms with E-state index < -0.39 is 0 Å². The number of pyridine rings is 2. The van der Waals surface area contributed by atoms with Crippen molar-refractivity contribution in [2.45, 2.75) is 13.5 Å². The molecule has 0 saturated carbocycles. The van der Waals surface area contributed by atoms with E-state index in [0.717, 1.165) is 78.0 Å². The molecule has 0 spiro atoms. The lowest BCUT2D eigenvalue weighted by atomic mass is 10.0. The third kappa shape index (κ3) is 3.64. The summed E-state index contributed by atoms with van der Waals surface area (Å²) in [6.07, 6.45) is 5.30. The average Bonchev–Trinajstić information content (AvgIpc) is 3.00. The SMILES string of the molecule is CC1=C2N=C(c3ccncc3Cl)c3cc(CN4CCN(C)CC4)ncc3NC2=NC1. The van der Waals surface area contributed by atoms with Crippen molar-refractivity contribution >= 4 is 28.8 Å². The van der Waals surface area contributed by atoms with Gasteiger partial charge in [-0.2, -0.15) is 0 Å². The molecule has 0 aliphatic carbocycles. The van der Waals surface area contributed by atoms with Crippen molar-refractivity contribution in [1.82, 2.24) is 19.8 Å². The normalized spacial score (nSPS) is 19.6. The van der Waals surface area contributed by atoms with Crippen molar-refractivity contribution in [3.05, 3.63) is 63.8 Å². The van der Waals surface area contributed by atoms with Crippen LogP contribution in [0.3, 0.4) is 0 Å². The molecule has 7 nitrogen and oxygen atoms in total. The van der Waals surface area contributed by atoms with Gasteiger partial charge < -0.3 is 10.2 Å². The largest absolute Gasteiger partial charge is 0.337 e. The van der Waals surface area contributed by atoms with E-state index in [9.17, 15) is 0 Å². The topological polar surface area (TPSA) is 69.0 Å². The van der Waals surface area contributed by atoms with E-state index in [0.29, 0.717) is 11.6 Å². The number of aliphatic imine (C=N–C) groups is 2. The molecule has 3 aliphatic heterocycles. The third-order valence-corrected chi connectivity index (χ3v) is 6.11. The van der Waals surface area contributed by atoms with Crippen LogP contribution in [0.2, 0.25) is 5.02 Å². The number of hydrogen-bond acceptors (Lipinski definition) is 7. The first kappa shape index (κ1) is 19.4. The third-order valence-electron chi connectivity index (χ3n) is 5.80. The minimum atomic E-state index is 0.580. The quantitative estimate of drug-likeness (QED) is 0.825. The van der Waals surface area contributed by atoms with Crippen molar-refractivity contribution in [1.29, 1.82) is 0 Å². The molecule has 0 bridgehead atoms. The summed E-state index contributed by atoms with van der Waals surface area (Å²) in [7, 11) is 2.17. The Kier molecular flexibility index (Phi) is 5.10. The van der Waals surface area contributed by atoms with E-state index in [1.807, 2.05) is 12.3 Å². The first-order chi connectivity index (χ1) is 14.6. The predicted molar refractivity (Wildman–Crippen MR) is 121 cm³/mol. The average molecular weight is 422 g/mol. The molecule has 5 heterocycles. The Hall–Kier alpha value is -2.61. The Balaban J connectivity index is 1.57. The molecular formula is C22H24ClN7. The standard InChI is InChI=1S/C22H24ClN7/c1-14-10-26-22-20(14)28-21(16-3-4-24-11-18(16)23)17-9-15(25-12-19(17)27-22)13-30-7-5-29(2)6-8-30/h3-4,9,11-12H,5-8,10,13H2,1-2H3,(H,26,27). The van der Waals surface area contributed by atoms with E-state index in [1.54, 1.807) is 12.4 Å². The second-order valence-electron chi connectivity index (χ2n) is 8.04. The van der Waals surface area contributed by atoms with Crippen molar-refractivity contribution < 1.29 is 0 Å². The highest BCUT2D eigenvalue weighted by molar-refractivity contribution is 6.36. The first-order valence-electron chi connectivity index (χ1n) is 10.2. The van der Waals surface area contributed by atoms with Crippen molar-refractivity contribution in [3.8, 4) is 0 Å². The van der Waals surface area contributed by atoms with Gasteiger partial charge in [0.1, 0.15) is 5.70 Å². The molecule has 30 heavy (non-hydrogen) atoms. The van der Waals surface area contributed by atoms with Gasteiger partial charge in [0.25, 0.3) is 0 Å². The molecule has 2 aromatic heterocycles. The fraction of sp³-hybridized carbons (Fsp3) is 0.364. The monoisotopic (exact) mass is 421 g/mol. The number of halogens is 1. The molecule has 0 aromatic carbocycles. The lowest BCUT2D eigenvalue weighted by Gasteiger charge is -2.32. The van der Waals surface area contributed by atoms with Gasteiger partial charge in [0.15, 0.2) is 5.84 Å². The highest BCUT2D eigenvalue weighted by atomic mass is 35.5. The van der Waals surface area contributed by atoms with Crippen LogP contribution in [0.1, 0.15) is 23.7 Å². The van der Waals surface area contributed by atoms with Crippen LogP contribution in [-0.2, 0) is 6.54 Å². The molecule has 1 saturated heterocycles. The molecule has 1 N–H and O–H groups in total. The number of anilines is 1. The lowest BCUT2D eigenvalue weighted by molar-refractivity contribution is 0.147. The van der Waals surface area contributed by atoms with Gasteiger partial charge in [0, 0.05) is 56.2 Å². The highest BCUT2D eigenvalue weighted by Gasteiger charge is 2.26. The van der Waals surface area contributed by atoms with Gasteiger partial charge in [-0.1, -0.05) is 11.6 Å². The second kappa shape index (κ2) is 7.91. The van der Waals surface area contributed by atoms with Gasteiger partial charge in [-0.05, 0) is 31.7 Å². The zero-order valence-corrected chi connectivity index (χ0v) is 17.9. The molecular weight excluding hydrogens is 398 g/mol. The number of piperazine rings is 1. The zero-order chi connectivity index (χ0) is 20.7. The van der Waals surface area contributed by atoms with Gasteiger partial charge in [-0.3, -0.25) is 19.9 Å². The van der Waals surface area contributed by atoms with Crippen LogP contribution in [0.5, 0.6) is 0 Å². The molecule has 8 heteroatoms. The van der Waals surface area contributed by atoms with E-state index in [1.165, 1.54) is 0 Å². The number of fused-ring (bicyclic) bond motifs is 2. The summed E-state index contributed by atoms with van der Waals surface area (Å²) in [5, 5.41) is 4.02. The van der Waals surface area contributed by atoms with Gasteiger partial charge in [-0.25, -0.2) is 4.99 Å². The fourth-order valence-corrected chi connectivity index (χ4v) is 4.19. The summed E-state index contributed by atoms with van der Waals surface area (Å²) in [5.74, 6) is 0.794. The summed E-state index contributed by atoms with van der Waals surface area (Å²) >= 11 is 6.53. The molecule has 1 fully saturated rings. The number of likely N-dealkylation sites (N-methyl/N-ethyl adjacent to an activating group) is 1. The Morgan fingerprint density at radius 3 is 2.77 bits per heavy atom. The molecule has 0 atom stereocenters. The fourth-order valence-electron chi connectivity index (χ4n) is 3.98. The Morgan fingerprint density at radius 1 is 1.13 bits per heavy atom. The van der Waals surface area contributed by atoms with Crippen LogP contribution < -0.4 is 5.32 Å².